The minimum absolute atomic E-state index is 0.0573. The molecule has 1 aromatic rings. The summed E-state index contributed by atoms with van der Waals surface area (Å²) in [5.41, 5.74) is 1.51. The van der Waals surface area contributed by atoms with E-state index in [-0.39, 0.29) is 11.7 Å². The molecule has 4 heteroatoms. The van der Waals surface area contributed by atoms with Gasteiger partial charge < -0.3 is 9.84 Å². The molecule has 1 rings (SSSR count). The summed E-state index contributed by atoms with van der Waals surface area (Å²) in [5.74, 6) is 0.590. The van der Waals surface area contributed by atoms with Crippen molar-refractivity contribution in [3.63, 3.8) is 0 Å². The summed E-state index contributed by atoms with van der Waals surface area (Å²) >= 11 is 3.24. The summed E-state index contributed by atoms with van der Waals surface area (Å²) in [6.07, 6.45) is 2.63. The van der Waals surface area contributed by atoms with Gasteiger partial charge in [-0.25, -0.2) is 0 Å². The van der Waals surface area contributed by atoms with Crippen LogP contribution in [0.15, 0.2) is 22.2 Å². The molecule has 0 unspecified atom stereocenters. The van der Waals surface area contributed by atoms with E-state index in [2.05, 4.69) is 15.9 Å². The van der Waals surface area contributed by atoms with Gasteiger partial charge in [-0.2, -0.15) is 0 Å². The van der Waals surface area contributed by atoms with E-state index in [0.717, 1.165) is 11.8 Å². The van der Waals surface area contributed by atoms with Gasteiger partial charge in [0, 0.05) is 0 Å². The van der Waals surface area contributed by atoms with Crippen LogP contribution in [0.5, 0.6) is 11.5 Å². The number of allylic oxidation sites excluding steroid dienone is 1. The molecule has 0 amide bonds. The normalized spacial score (nSPS) is 11.7. The molecule has 0 heterocycles. The second-order valence-corrected chi connectivity index (χ2v) is 4.82. The maximum Gasteiger partial charge on any atom is 0.172 e. The van der Waals surface area contributed by atoms with Crippen LogP contribution in [0.2, 0.25) is 0 Å². The molecule has 92 valence electrons. The van der Waals surface area contributed by atoms with Crippen molar-refractivity contribution < 1.29 is 14.6 Å². The molecule has 0 spiro atoms. The Bertz CT molecular complexity index is 450. The standard InChI is InChI=1S/C13H15BrO3/c1-8(2)10(7-15)4-9-5-11(14)13(16)12(6-9)17-3/h4-8,16H,1-3H3. The van der Waals surface area contributed by atoms with E-state index in [1.165, 1.54) is 7.11 Å². The number of hydrogen-bond donors (Lipinski definition) is 1. The number of halogens is 1. The Morgan fingerprint density at radius 1 is 1.47 bits per heavy atom. The zero-order valence-electron chi connectivity index (χ0n) is 10.0. The molecule has 1 aromatic carbocycles. The van der Waals surface area contributed by atoms with Crippen molar-refractivity contribution in [1.29, 1.82) is 0 Å². The van der Waals surface area contributed by atoms with E-state index in [1.807, 2.05) is 13.8 Å². The molecule has 0 fully saturated rings. The predicted molar refractivity (Wildman–Crippen MR) is 71.2 cm³/mol. The lowest BCUT2D eigenvalue weighted by Crippen LogP contribution is -1.95. The number of phenolic OH excluding ortho intramolecular Hbond substituents is 1. The van der Waals surface area contributed by atoms with E-state index in [4.69, 9.17) is 4.74 Å². The molecule has 0 aliphatic carbocycles. The summed E-state index contributed by atoms with van der Waals surface area (Å²) in [6, 6.07) is 3.43. The van der Waals surface area contributed by atoms with E-state index < -0.39 is 0 Å². The fourth-order valence-electron chi connectivity index (χ4n) is 1.36. The molecule has 0 saturated carbocycles. The Balaban J connectivity index is 3.24. The smallest absolute Gasteiger partial charge is 0.172 e. The van der Waals surface area contributed by atoms with Crippen LogP contribution in [-0.4, -0.2) is 18.5 Å². The molecule has 0 bridgehead atoms. The Morgan fingerprint density at radius 3 is 2.59 bits per heavy atom. The fraction of sp³-hybridized carbons (Fsp3) is 0.308. The fourth-order valence-corrected chi connectivity index (χ4v) is 1.82. The van der Waals surface area contributed by atoms with E-state index in [1.54, 1.807) is 18.2 Å². The summed E-state index contributed by atoms with van der Waals surface area (Å²) in [7, 11) is 1.48. The number of carbonyl (C=O) groups excluding carboxylic acids is 1. The molecule has 0 aromatic heterocycles. The van der Waals surface area contributed by atoms with Crippen LogP contribution in [0.4, 0.5) is 0 Å². The highest BCUT2D eigenvalue weighted by atomic mass is 79.9. The van der Waals surface area contributed by atoms with Gasteiger partial charge in [-0.15, -0.1) is 0 Å². The largest absolute Gasteiger partial charge is 0.503 e. The third kappa shape index (κ3) is 3.33. The van der Waals surface area contributed by atoms with Gasteiger partial charge in [-0.05, 0) is 51.2 Å². The Labute approximate surface area is 109 Å². The van der Waals surface area contributed by atoms with Crippen LogP contribution < -0.4 is 4.74 Å². The van der Waals surface area contributed by atoms with Crippen LogP contribution in [0.1, 0.15) is 19.4 Å². The summed E-state index contributed by atoms with van der Waals surface area (Å²) in [4.78, 5) is 10.9. The van der Waals surface area contributed by atoms with Crippen molar-refractivity contribution in [2.45, 2.75) is 13.8 Å². The first-order valence-corrected chi connectivity index (χ1v) is 6.02. The summed E-state index contributed by atoms with van der Waals surface area (Å²) < 4.78 is 5.58. The van der Waals surface area contributed by atoms with Gasteiger partial charge in [0.2, 0.25) is 0 Å². The first kappa shape index (κ1) is 13.8. The Hall–Kier alpha value is -1.29. The van der Waals surface area contributed by atoms with Crippen molar-refractivity contribution >= 4 is 28.3 Å². The number of rotatable bonds is 4. The van der Waals surface area contributed by atoms with Gasteiger partial charge in [0.1, 0.15) is 6.29 Å². The van der Waals surface area contributed by atoms with Gasteiger partial charge in [0.05, 0.1) is 11.6 Å². The van der Waals surface area contributed by atoms with Crippen molar-refractivity contribution in [3.8, 4) is 11.5 Å². The molecule has 17 heavy (non-hydrogen) atoms. The highest BCUT2D eigenvalue weighted by Gasteiger charge is 2.09. The lowest BCUT2D eigenvalue weighted by molar-refractivity contribution is -0.105. The van der Waals surface area contributed by atoms with E-state index in [0.29, 0.717) is 15.8 Å². The molecule has 0 atom stereocenters. The molecule has 0 radical (unpaired) electrons. The maximum atomic E-state index is 10.9. The second kappa shape index (κ2) is 5.87. The summed E-state index contributed by atoms with van der Waals surface area (Å²) in [6.45, 7) is 3.90. The van der Waals surface area contributed by atoms with Gasteiger partial charge in [0.25, 0.3) is 0 Å². The zero-order chi connectivity index (χ0) is 13.0. The highest BCUT2D eigenvalue weighted by Crippen LogP contribution is 2.35. The predicted octanol–water partition coefficient (Wildman–Crippen LogP) is 3.40. The number of aldehydes is 1. The lowest BCUT2D eigenvalue weighted by Gasteiger charge is -2.08. The SMILES string of the molecule is COc1cc(C=C(C=O)C(C)C)cc(Br)c1O. The molecular weight excluding hydrogens is 284 g/mol. The number of aromatic hydroxyl groups is 1. The minimum atomic E-state index is 0.0573. The first-order valence-electron chi connectivity index (χ1n) is 5.22. The first-order chi connectivity index (χ1) is 7.99. The monoisotopic (exact) mass is 298 g/mol. The number of carbonyl (C=O) groups is 1. The molecular formula is C13H15BrO3. The third-order valence-electron chi connectivity index (χ3n) is 2.41. The van der Waals surface area contributed by atoms with Crippen molar-refractivity contribution in [1.82, 2.24) is 0 Å². The van der Waals surface area contributed by atoms with Crippen LogP contribution in [0.25, 0.3) is 6.08 Å². The number of methoxy groups -OCH3 is 1. The van der Waals surface area contributed by atoms with Gasteiger partial charge in [-0.3, -0.25) is 4.79 Å². The van der Waals surface area contributed by atoms with Crippen molar-refractivity contribution in [2.75, 3.05) is 7.11 Å². The highest BCUT2D eigenvalue weighted by molar-refractivity contribution is 9.10. The molecule has 0 aliphatic rings. The van der Waals surface area contributed by atoms with Gasteiger partial charge in [-0.1, -0.05) is 13.8 Å². The minimum Gasteiger partial charge on any atom is -0.503 e. The van der Waals surface area contributed by atoms with Crippen LogP contribution in [0, 0.1) is 5.92 Å². The number of ether oxygens (including phenoxy) is 1. The van der Waals surface area contributed by atoms with Crippen molar-refractivity contribution in [2.24, 2.45) is 5.92 Å². The number of phenols is 1. The van der Waals surface area contributed by atoms with Gasteiger partial charge in [0.15, 0.2) is 11.5 Å². The Morgan fingerprint density at radius 2 is 2.12 bits per heavy atom. The molecule has 0 aliphatic heterocycles. The third-order valence-corrected chi connectivity index (χ3v) is 3.01. The average molecular weight is 299 g/mol. The lowest BCUT2D eigenvalue weighted by atomic mass is 10.0. The second-order valence-electron chi connectivity index (χ2n) is 3.97. The molecule has 1 N–H and O–H groups in total. The Kier molecular flexibility index (Phi) is 4.75. The van der Waals surface area contributed by atoms with Gasteiger partial charge >= 0.3 is 0 Å². The van der Waals surface area contributed by atoms with Crippen LogP contribution >= 0.6 is 15.9 Å². The summed E-state index contributed by atoms with van der Waals surface area (Å²) in [5, 5.41) is 9.66. The van der Waals surface area contributed by atoms with Crippen LogP contribution in [-0.2, 0) is 4.79 Å². The number of hydrogen-bond acceptors (Lipinski definition) is 3. The topological polar surface area (TPSA) is 46.5 Å². The quantitative estimate of drug-likeness (QED) is 0.684. The van der Waals surface area contributed by atoms with Crippen molar-refractivity contribution in [3.05, 3.63) is 27.7 Å². The maximum absolute atomic E-state index is 10.9. The number of benzene rings is 1. The zero-order valence-corrected chi connectivity index (χ0v) is 11.6. The molecule has 0 saturated heterocycles. The van der Waals surface area contributed by atoms with E-state index in [9.17, 15) is 9.90 Å². The average Bonchev–Trinajstić information content (AvgIpc) is 2.29. The van der Waals surface area contributed by atoms with E-state index >= 15 is 0 Å². The molecule has 3 nitrogen and oxygen atoms in total. The van der Waals surface area contributed by atoms with Crippen LogP contribution in [0.3, 0.4) is 0 Å².